The van der Waals surface area contributed by atoms with Crippen molar-refractivity contribution in [1.29, 1.82) is 0 Å². The van der Waals surface area contributed by atoms with Crippen LogP contribution in [0.1, 0.15) is 32.3 Å². The summed E-state index contributed by atoms with van der Waals surface area (Å²) in [5, 5.41) is 3.05. The van der Waals surface area contributed by atoms with E-state index in [9.17, 15) is 8.42 Å². The highest BCUT2D eigenvalue weighted by Gasteiger charge is 2.30. The van der Waals surface area contributed by atoms with Crippen molar-refractivity contribution >= 4 is 10.0 Å². The summed E-state index contributed by atoms with van der Waals surface area (Å²) >= 11 is 0. The summed E-state index contributed by atoms with van der Waals surface area (Å²) in [5.41, 5.74) is 0.996. The molecule has 1 aliphatic heterocycles. The van der Waals surface area contributed by atoms with Crippen molar-refractivity contribution in [2.75, 3.05) is 20.1 Å². The van der Waals surface area contributed by atoms with Crippen LogP contribution in [0, 0.1) is 11.8 Å². The van der Waals surface area contributed by atoms with E-state index >= 15 is 0 Å². The van der Waals surface area contributed by atoms with Crippen LogP contribution in [0.3, 0.4) is 0 Å². The lowest BCUT2D eigenvalue weighted by Gasteiger charge is -2.33. The summed E-state index contributed by atoms with van der Waals surface area (Å²) in [6, 6.07) is 7.24. The third-order valence-electron chi connectivity index (χ3n) is 4.36. The lowest BCUT2D eigenvalue weighted by molar-refractivity contribution is 0.226. The summed E-state index contributed by atoms with van der Waals surface area (Å²) in [6.45, 7) is 6.40. The number of sulfonamides is 1. The van der Waals surface area contributed by atoms with Gasteiger partial charge < -0.3 is 5.32 Å². The molecule has 0 aromatic heterocycles. The maximum absolute atomic E-state index is 12.7. The Hall–Kier alpha value is -0.910. The number of piperidine rings is 1. The molecule has 0 aliphatic carbocycles. The molecule has 1 saturated heterocycles. The first kappa shape index (κ1) is 16.5. The Kier molecular flexibility index (Phi) is 5.41. The van der Waals surface area contributed by atoms with E-state index in [0.29, 0.717) is 36.4 Å². The van der Waals surface area contributed by atoms with Crippen LogP contribution >= 0.6 is 0 Å². The molecule has 0 unspecified atom stereocenters. The predicted molar refractivity (Wildman–Crippen MR) is 85.5 cm³/mol. The standard InChI is InChI=1S/C16H26N2O2S/c1-13(2)15-7-9-18(10-8-15)21(19,20)16-6-4-5-14(11-16)12-17-3/h4-6,11,13,15,17H,7-10,12H2,1-3H3. The minimum Gasteiger partial charge on any atom is -0.316 e. The van der Waals surface area contributed by atoms with E-state index in [4.69, 9.17) is 0 Å². The number of benzene rings is 1. The quantitative estimate of drug-likeness (QED) is 0.909. The van der Waals surface area contributed by atoms with Crippen LogP contribution in [-0.2, 0) is 16.6 Å². The molecule has 1 fully saturated rings. The zero-order valence-corrected chi connectivity index (χ0v) is 14.0. The lowest BCUT2D eigenvalue weighted by Crippen LogP contribution is -2.39. The zero-order valence-electron chi connectivity index (χ0n) is 13.2. The lowest BCUT2D eigenvalue weighted by atomic mass is 9.87. The van der Waals surface area contributed by atoms with Gasteiger partial charge in [-0.05, 0) is 49.4 Å². The van der Waals surface area contributed by atoms with Crippen LogP contribution in [-0.4, -0.2) is 32.9 Å². The summed E-state index contributed by atoms with van der Waals surface area (Å²) in [7, 11) is -1.49. The van der Waals surface area contributed by atoms with Gasteiger partial charge in [0.2, 0.25) is 10.0 Å². The number of hydrogen-bond acceptors (Lipinski definition) is 3. The number of nitrogens with one attached hydrogen (secondary N) is 1. The number of nitrogens with zero attached hydrogens (tertiary/aromatic N) is 1. The van der Waals surface area contributed by atoms with Gasteiger partial charge in [-0.1, -0.05) is 26.0 Å². The average molecular weight is 310 g/mol. The molecule has 21 heavy (non-hydrogen) atoms. The predicted octanol–water partition coefficient (Wildman–Crippen LogP) is 2.46. The molecule has 5 heteroatoms. The maximum Gasteiger partial charge on any atom is 0.243 e. The Labute approximate surface area is 128 Å². The maximum atomic E-state index is 12.7. The summed E-state index contributed by atoms with van der Waals surface area (Å²) in [4.78, 5) is 0.415. The highest BCUT2D eigenvalue weighted by Crippen LogP contribution is 2.28. The van der Waals surface area contributed by atoms with Gasteiger partial charge in [-0.15, -0.1) is 0 Å². The summed E-state index contributed by atoms with van der Waals surface area (Å²) < 4.78 is 27.1. The van der Waals surface area contributed by atoms with Gasteiger partial charge >= 0.3 is 0 Å². The molecule has 0 amide bonds. The van der Waals surface area contributed by atoms with E-state index in [2.05, 4.69) is 19.2 Å². The van der Waals surface area contributed by atoms with Crippen molar-refractivity contribution in [3.8, 4) is 0 Å². The smallest absolute Gasteiger partial charge is 0.243 e. The van der Waals surface area contributed by atoms with Crippen molar-refractivity contribution in [3.05, 3.63) is 29.8 Å². The van der Waals surface area contributed by atoms with Gasteiger partial charge in [0.05, 0.1) is 4.90 Å². The van der Waals surface area contributed by atoms with Crippen LogP contribution < -0.4 is 5.32 Å². The minimum atomic E-state index is -3.35. The third-order valence-corrected chi connectivity index (χ3v) is 6.25. The molecular formula is C16H26N2O2S. The zero-order chi connectivity index (χ0) is 15.5. The molecular weight excluding hydrogens is 284 g/mol. The monoisotopic (exact) mass is 310 g/mol. The van der Waals surface area contributed by atoms with Gasteiger partial charge in [0.25, 0.3) is 0 Å². The molecule has 1 aliphatic rings. The largest absolute Gasteiger partial charge is 0.316 e. The Morgan fingerprint density at radius 3 is 2.52 bits per heavy atom. The van der Waals surface area contributed by atoms with E-state index < -0.39 is 10.0 Å². The molecule has 1 aromatic carbocycles. The first-order chi connectivity index (χ1) is 9.95. The number of rotatable bonds is 5. The van der Waals surface area contributed by atoms with Gasteiger partial charge in [-0.2, -0.15) is 4.31 Å². The molecule has 0 bridgehead atoms. The van der Waals surface area contributed by atoms with E-state index in [-0.39, 0.29) is 0 Å². The summed E-state index contributed by atoms with van der Waals surface area (Å²) in [6.07, 6.45) is 1.93. The van der Waals surface area contributed by atoms with Gasteiger partial charge in [0, 0.05) is 19.6 Å². The Bertz CT molecular complexity index is 561. The Balaban J connectivity index is 2.13. The molecule has 0 atom stereocenters. The third kappa shape index (κ3) is 3.84. The fraction of sp³-hybridized carbons (Fsp3) is 0.625. The highest BCUT2D eigenvalue weighted by molar-refractivity contribution is 7.89. The molecule has 0 spiro atoms. The second kappa shape index (κ2) is 6.90. The summed E-state index contributed by atoms with van der Waals surface area (Å²) in [5.74, 6) is 1.28. The van der Waals surface area contributed by atoms with Gasteiger partial charge in [-0.25, -0.2) is 8.42 Å². The topological polar surface area (TPSA) is 49.4 Å². The van der Waals surface area contributed by atoms with E-state index in [1.165, 1.54) is 0 Å². The molecule has 0 radical (unpaired) electrons. The SMILES string of the molecule is CNCc1cccc(S(=O)(=O)N2CCC(C(C)C)CC2)c1. The van der Waals surface area contributed by atoms with Gasteiger partial charge in [-0.3, -0.25) is 0 Å². The molecule has 1 N–H and O–H groups in total. The molecule has 118 valence electrons. The normalized spacial score (nSPS) is 18.3. The van der Waals surface area contributed by atoms with Crippen molar-refractivity contribution in [2.24, 2.45) is 11.8 Å². The molecule has 1 aromatic rings. The van der Waals surface area contributed by atoms with Crippen molar-refractivity contribution in [2.45, 2.75) is 38.1 Å². The fourth-order valence-electron chi connectivity index (χ4n) is 2.95. The van der Waals surface area contributed by atoms with Crippen molar-refractivity contribution in [3.63, 3.8) is 0 Å². The Morgan fingerprint density at radius 1 is 1.29 bits per heavy atom. The fourth-order valence-corrected chi connectivity index (χ4v) is 4.49. The van der Waals surface area contributed by atoms with E-state index in [0.717, 1.165) is 18.4 Å². The second-order valence-corrected chi connectivity index (χ2v) is 8.10. The minimum absolute atomic E-state index is 0.415. The van der Waals surface area contributed by atoms with Crippen LogP contribution in [0.2, 0.25) is 0 Å². The van der Waals surface area contributed by atoms with Crippen LogP contribution in [0.15, 0.2) is 29.2 Å². The Morgan fingerprint density at radius 2 is 1.95 bits per heavy atom. The molecule has 2 rings (SSSR count). The van der Waals surface area contributed by atoms with Gasteiger partial charge in [0.15, 0.2) is 0 Å². The van der Waals surface area contributed by atoms with E-state index in [1.807, 2.05) is 19.2 Å². The highest BCUT2D eigenvalue weighted by atomic mass is 32.2. The van der Waals surface area contributed by atoms with Crippen LogP contribution in [0.25, 0.3) is 0 Å². The first-order valence-electron chi connectivity index (χ1n) is 7.69. The van der Waals surface area contributed by atoms with Crippen molar-refractivity contribution < 1.29 is 8.42 Å². The molecule has 0 saturated carbocycles. The molecule has 4 nitrogen and oxygen atoms in total. The van der Waals surface area contributed by atoms with Crippen LogP contribution in [0.5, 0.6) is 0 Å². The van der Waals surface area contributed by atoms with Crippen LogP contribution in [0.4, 0.5) is 0 Å². The number of hydrogen-bond donors (Lipinski definition) is 1. The molecule has 1 heterocycles. The average Bonchev–Trinajstić information content (AvgIpc) is 2.48. The van der Waals surface area contributed by atoms with Gasteiger partial charge in [0.1, 0.15) is 0 Å². The second-order valence-electron chi connectivity index (χ2n) is 6.16. The van der Waals surface area contributed by atoms with E-state index in [1.54, 1.807) is 16.4 Å². The van der Waals surface area contributed by atoms with Crippen molar-refractivity contribution in [1.82, 2.24) is 9.62 Å². The first-order valence-corrected chi connectivity index (χ1v) is 9.13.